The fourth-order valence-electron chi connectivity index (χ4n) is 0.718. The van der Waals surface area contributed by atoms with E-state index in [1.165, 1.54) is 6.92 Å². The number of nitrogens with zero attached hydrogens (tertiary/aromatic N) is 1. The molecule has 5 heteroatoms. The Labute approximate surface area is 72.8 Å². The predicted octanol–water partition coefficient (Wildman–Crippen LogP) is -0.0263. The summed E-state index contributed by atoms with van der Waals surface area (Å²) < 4.78 is 0. The molecular formula is C7H11BN2O2. The van der Waals surface area contributed by atoms with Gasteiger partial charge in [-0.3, -0.25) is 9.59 Å². The van der Waals surface area contributed by atoms with E-state index in [1.807, 2.05) is 5.34 Å². The van der Waals surface area contributed by atoms with E-state index in [0.29, 0.717) is 6.42 Å². The minimum absolute atomic E-state index is 0.0386. The first-order chi connectivity index (χ1) is 5.61. The highest BCUT2D eigenvalue weighted by molar-refractivity contribution is 6.42. The van der Waals surface area contributed by atoms with Crippen molar-refractivity contribution < 1.29 is 9.59 Å². The first-order valence-electron chi connectivity index (χ1n) is 3.66. The Morgan fingerprint density at radius 3 is 2.42 bits per heavy atom. The minimum Gasteiger partial charge on any atom is -0.366 e. The number of Topliss-reactive ketones (excluding diaryl/α,β-unsaturated/α-hetero) is 2. The van der Waals surface area contributed by atoms with Gasteiger partial charge in [-0.1, -0.05) is 6.92 Å². The van der Waals surface area contributed by atoms with E-state index in [0.717, 1.165) is 0 Å². The van der Waals surface area contributed by atoms with Crippen molar-refractivity contribution in [3.05, 3.63) is 0 Å². The Hall–Kier alpha value is -1.13. The van der Waals surface area contributed by atoms with Crippen molar-refractivity contribution in [2.45, 2.75) is 26.7 Å². The number of hydrogen-bond donors (Lipinski definition) is 1. The summed E-state index contributed by atoms with van der Waals surface area (Å²) in [6, 6.07) is 0. The molecule has 0 fully saturated rings. The van der Waals surface area contributed by atoms with E-state index in [2.05, 4.69) is 5.10 Å². The summed E-state index contributed by atoms with van der Waals surface area (Å²) >= 11 is 0. The first-order valence-corrected chi connectivity index (χ1v) is 3.66. The molecule has 0 aliphatic rings. The van der Waals surface area contributed by atoms with Crippen LogP contribution in [0.5, 0.6) is 0 Å². The van der Waals surface area contributed by atoms with Gasteiger partial charge in [-0.2, -0.15) is 5.10 Å². The van der Waals surface area contributed by atoms with Gasteiger partial charge in [-0.25, -0.2) is 0 Å². The molecular weight excluding hydrogens is 155 g/mol. The lowest BCUT2D eigenvalue weighted by Crippen LogP contribution is -2.19. The maximum absolute atomic E-state index is 11.1. The molecule has 0 heterocycles. The van der Waals surface area contributed by atoms with Crippen LogP contribution < -0.4 is 5.34 Å². The molecule has 0 spiro atoms. The zero-order valence-corrected chi connectivity index (χ0v) is 7.26. The van der Waals surface area contributed by atoms with Gasteiger partial charge in [-0.05, 0) is 6.92 Å². The largest absolute Gasteiger partial charge is 0.366 e. The molecule has 0 aliphatic heterocycles. The highest BCUT2D eigenvalue weighted by Crippen LogP contribution is 1.93. The van der Waals surface area contributed by atoms with Gasteiger partial charge in [-0.15, -0.1) is 0 Å². The third kappa shape index (κ3) is 3.90. The first kappa shape index (κ1) is 10.9. The van der Waals surface area contributed by atoms with E-state index in [1.54, 1.807) is 6.92 Å². The number of hydrogen-bond acceptors (Lipinski definition) is 4. The van der Waals surface area contributed by atoms with Crippen molar-refractivity contribution in [1.82, 2.24) is 5.34 Å². The van der Waals surface area contributed by atoms with Crippen LogP contribution in [0.2, 0.25) is 0 Å². The smallest absolute Gasteiger partial charge is 0.251 e. The molecule has 0 aromatic rings. The predicted molar refractivity (Wildman–Crippen MR) is 46.9 cm³/mol. The minimum atomic E-state index is -0.164. The van der Waals surface area contributed by atoms with Crippen LogP contribution in [0.1, 0.15) is 26.7 Å². The molecule has 0 aliphatic carbocycles. The SMILES string of the molecule is [B]N/N=C(/CC(C)=O)C(=O)CC. The average Bonchev–Trinajstić information content (AvgIpc) is 2.01. The Balaban J connectivity index is 4.34. The van der Waals surface area contributed by atoms with Crippen molar-refractivity contribution in [1.29, 1.82) is 0 Å². The zero-order valence-electron chi connectivity index (χ0n) is 7.26. The van der Waals surface area contributed by atoms with E-state index in [-0.39, 0.29) is 23.7 Å². The molecule has 0 unspecified atom stereocenters. The topological polar surface area (TPSA) is 58.5 Å². The van der Waals surface area contributed by atoms with Crippen LogP contribution in [0.3, 0.4) is 0 Å². The van der Waals surface area contributed by atoms with Gasteiger partial charge in [0.25, 0.3) is 7.98 Å². The van der Waals surface area contributed by atoms with E-state index >= 15 is 0 Å². The Morgan fingerprint density at radius 2 is 2.08 bits per heavy atom. The lowest BCUT2D eigenvalue weighted by molar-refractivity contribution is -0.117. The maximum atomic E-state index is 11.1. The lowest BCUT2D eigenvalue weighted by Gasteiger charge is -2.00. The van der Waals surface area contributed by atoms with Crippen LogP contribution in [-0.4, -0.2) is 25.3 Å². The summed E-state index contributed by atoms with van der Waals surface area (Å²) in [6.45, 7) is 3.10. The number of carbonyl (C=O) groups excluding carboxylic acids is 2. The molecule has 0 bridgehead atoms. The maximum Gasteiger partial charge on any atom is 0.251 e. The molecule has 4 nitrogen and oxygen atoms in total. The van der Waals surface area contributed by atoms with Crippen LogP contribution in [0.25, 0.3) is 0 Å². The van der Waals surface area contributed by atoms with Gasteiger partial charge in [0.1, 0.15) is 11.5 Å². The second-order valence-electron chi connectivity index (χ2n) is 2.34. The molecule has 2 radical (unpaired) electrons. The molecule has 12 heavy (non-hydrogen) atoms. The molecule has 0 aromatic carbocycles. The fourth-order valence-corrected chi connectivity index (χ4v) is 0.718. The summed E-state index contributed by atoms with van der Waals surface area (Å²) in [5.41, 5.74) is 0.188. The van der Waals surface area contributed by atoms with E-state index in [4.69, 9.17) is 7.98 Å². The number of hydrazone groups is 1. The van der Waals surface area contributed by atoms with Crippen LogP contribution in [-0.2, 0) is 9.59 Å². The van der Waals surface area contributed by atoms with Crippen LogP contribution in [0.4, 0.5) is 0 Å². The van der Waals surface area contributed by atoms with Crippen molar-refractivity contribution in [3.8, 4) is 0 Å². The fraction of sp³-hybridized carbons (Fsp3) is 0.571. The molecule has 0 saturated carbocycles. The van der Waals surface area contributed by atoms with Gasteiger partial charge >= 0.3 is 0 Å². The average molecular weight is 166 g/mol. The van der Waals surface area contributed by atoms with Crippen molar-refractivity contribution in [2.24, 2.45) is 5.10 Å². The van der Waals surface area contributed by atoms with Gasteiger partial charge in [0.2, 0.25) is 0 Å². The number of nitrogens with one attached hydrogen (secondary N) is 1. The third-order valence-corrected chi connectivity index (χ3v) is 1.26. The monoisotopic (exact) mass is 166 g/mol. The van der Waals surface area contributed by atoms with E-state index < -0.39 is 0 Å². The zero-order chi connectivity index (χ0) is 9.56. The highest BCUT2D eigenvalue weighted by atomic mass is 16.1. The van der Waals surface area contributed by atoms with Crippen molar-refractivity contribution >= 4 is 25.3 Å². The van der Waals surface area contributed by atoms with Crippen LogP contribution in [0.15, 0.2) is 5.10 Å². The molecule has 0 rings (SSSR count). The lowest BCUT2D eigenvalue weighted by atomic mass is 10.1. The Bertz CT molecular complexity index is 213. The Kier molecular flexibility index (Phi) is 5.00. The Morgan fingerprint density at radius 1 is 1.50 bits per heavy atom. The number of ketones is 2. The standard InChI is InChI=1S/C7H11BN2O2/c1-3-7(12)6(9-10-8)4-5(2)11/h10H,3-4H2,1-2H3/b9-6-. The summed E-state index contributed by atoms with van der Waals surface area (Å²) in [7, 11) is 4.90. The normalized spacial score (nSPS) is 11.0. The molecule has 0 atom stereocenters. The molecule has 0 saturated heterocycles. The van der Waals surface area contributed by atoms with Crippen molar-refractivity contribution in [2.75, 3.05) is 0 Å². The van der Waals surface area contributed by atoms with Crippen LogP contribution >= 0.6 is 0 Å². The molecule has 0 aromatic heterocycles. The van der Waals surface area contributed by atoms with Crippen LogP contribution in [0, 0.1) is 0 Å². The molecule has 1 N–H and O–H groups in total. The molecule has 64 valence electrons. The van der Waals surface area contributed by atoms with Gasteiger partial charge in [0.05, 0.1) is 6.42 Å². The van der Waals surface area contributed by atoms with Gasteiger partial charge in [0, 0.05) is 6.42 Å². The molecule has 0 amide bonds. The second kappa shape index (κ2) is 5.52. The summed E-state index contributed by atoms with van der Waals surface area (Å²) in [4.78, 5) is 21.7. The second-order valence-corrected chi connectivity index (χ2v) is 2.34. The highest BCUT2D eigenvalue weighted by Gasteiger charge is 2.10. The number of rotatable bonds is 5. The van der Waals surface area contributed by atoms with Gasteiger partial charge < -0.3 is 5.34 Å². The van der Waals surface area contributed by atoms with Gasteiger partial charge in [0.15, 0.2) is 5.78 Å². The van der Waals surface area contributed by atoms with Crippen molar-refractivity contribution in [3.63, 3.8) is 0 Å². The number of carbonyl (C=O) groups is 2. The van der Waals surface area contributed by atoms with E-state index in [9.17, 15) is 9.59 Å². The third-order valence-electron chi connectivity index (χ3n) is 1.26. The quantitative estimate of drug-likeness (QED) is 0.354. The summed E-state index contributed by atoms with van der Waals surface area (Å²) in [5, 5.41) is 5.51. The summed E-state index contributed by atoms with van der Waals surface area (Å²) in [5.74, 6) is -0.269. The summed E-state index contributed by atoms with van der Waals surface area (Å²) in [6.07, 6.45) is 0.366.